The summed E-state index contributed by atoms with van der Waals surface area (Å²) in [5, 5.41) is 9.01. The monoisotopic (exact) mass is 387 g/mol. The summed E-state index contributed by atoms with van der Waals surface area (Å²) in [6, 6.07) is 4.13. The van der Waals surface area contributed by atoms with Crippen LogP contribution in [0.25, 0.3) is 0 Å². The Morgan fingerprint density at radius 2 is 2.04 bits per heavy atom. The molecule has 9 heteroatoms. The van der Waals surface area contributed by atoms with E-state index in [0.29, 0.717) is 31.7 Å². The van der Waals surface area contributed by atoms with Crippen LogP contribution in [0.4, 0.5) is 9.18 Å². The highest BCUT2D eigenvalue weighted by molar-refractivity contribution is 5.65. The molecule has 0 bridgehead atoms. The fourth-order valence-electron chi connectivity index (χ4n) is 2.76. The summed E-state index contributed by atoms with van der Waals surface area (Å²) in [7, 11) is 1.43. The number of likely N-dealkylation sites (tertiary alicyclic amines) is 1. The minimum atomic E-state index is -0.956. The van der Waals surface area contributed by atoms with E-state index in [4.69, 9.17) is 25.7 Å². The van der Waals surface area contributed by atoms with Crippen molar-refractivity contribution >= 4 is 6.09 Å². The maximum absolute atomic E-state index is 14.1. The Kier molecular flexibility index (Phi) is 5.79. The van der Waals surface area contributed by atoms with E-state index in [-0.39, 0.29) is 29.2 Å². The Morgan fingerprint density at radius 3 is 2.64 bits per heavy atom. The molecule has 0 spiro atoms. The molecule has 1 aliphatic heterocycles. The summed E-state index contributed by atoms with van der Waals surface area (Å²) in [5.41, 5.74) is 0.151. The Labute approximate surface area is 160 Å². The summed E-state index contributed by atoms with van der Waals surface area (Å²) in [6.45, 7) is 0.716. The molecule has 3 rings (SSSR count). The highest BCUT2D eigenvalue weighted by atomic mass is 19.1. The molecule has 28 heavy (non-hydrogen) atoms. The lowest BCUT2D eigenvalue weighted by Crippen LogP contribution is -2.41. The maximum Gasteiger partial charge on any atom is 0.407 e. The Bertz CT molecular complexity index is 907. The first-order chi connectivity index (χ1) is 13.5. The van der Waals surface area contributed by atoms with Crippen LogP contribution in [-0.2, 0) is 0 Å². The molecule has 0 atom stereocenters. The fourth-order valence-corrected chi connectivity index (χ4v) is 2.76. The average molecular weight is 387 g/mol. The van der Waals surface area contributed by atoms with Crippen LogP contribution in [0.15, 0.2) is 24.5 Å². The lowest BCUT2D eigenvalue weighted by Gasteiger charge is -2.30. The third-order valence-electron chi connectivity index (χ3n) is 4.26. The second kappa shape index (κ2) is 8.43. The van der Waals surface area contributed by atoms with Crippen molar-refractivity contribution in [1.82, 2.24) is 14.9 Å². The van der Waals surface area contributed by atoms with Crippen LogP contribution in [0.2, 0.25) is 0 Å². The van der Waals surface area contributed by atoms with Crippen LogP contribution in [0, 0.1) is 18.2 Å². The number of amides is 1. The average Bonchev–Trinajstić information content (AvgIpc) is 2.70. The number of carbonyl (C=O) groups is 1. The van der Waals surface area contributed by atoms with Gasteiger partial charge in [0.2, 0.25) is 11.8 Å². The van der Waals surface area contributed by atoms with Crippen molar-refractivity contribution in [2.24, 2.45) is 0 Å². The largest absolute Gasteiger partial charge is 0.497 e. The smallest absolute Gasteiger partial charge is 0.407 e. The summed E-state index contributed by atoms with van der Waals surface area (Å²) in [5.74, 6) is 2.18. The van der Waals surface area contributed by atoms with E-state index < -0.39 is 11.9 Å². The standard InChI is InChI=1S/C19H18FN3O5/c1-3-14-17(27-12-6-8-23(9-7-12)19(24)25)21-11-22-18(14)28-16-5-4-13(26-2)10-15(16)20/h1,4-5,10-12H,6-9H2,2H3,(H,24,25). The summed E-state index contributed by atoms with van der Waals surface area (Å²) in [6.07, 6.45) is 6.58. The number of hydrogen-bond acceptors (Lipinski definition) is 6. The molecule has 1 aromatic heterocycles. The highest BCUT2D eigenvalue weighted by Crippen LogP contribution is 2.31. The molecule has 0 saturated carbocycles. The van der Waals surface area contributed by atoms with Gasteiger partial charge in [-0.15, -0.1) is 6.42 Å². The topological polar surface area (TPSA) is 94.0 Å². The number of hydrogen-bond donors (Lipinski definition) is 1. The zero-order chi connectivity index (χ0) is 20.1. The van der Waals surface area contributed by atoms with Crippen LogP contribution in [0.3, 0.4) is 0 Å². The Hall–Kier alpha value is -3.54. The van der Waals surface area contributed by atoms with Crippen LogP contribution >= 0.6 is 0 Å². The van der Waals surface area contributed by atoms with Crippen molar-refractivity contribution in [3.05, 3.63) is 35.9 Å². The van der Waals surface area contributed by atoms with E-state index >= 15 is 0 Å². The van der Waals surface area contributed by atoms with Crippen molar-refractivity contribution in [2.45, 2.75) is 18.9 Å². The molecule has 8 nitrogen and oxygen atoms in total. The lowest BCUT2D eigenvalue weighted by atomic mass is 10.1. The van der Waals surface area contributed by atoms with Gasteiger partial charge in [0.05, 0.1) is 7.11 Å². The summed E-state index contributed by atoms with van der Waals surface area (Å²) < 4.78 is 30.5. The molecule has 0 aliphatic carbocycles. The van der Waals surface area contributed by atoms with Gasteiger partial charge in [-0.1, -0.05) is 5.92 Å². The fraction of sp³-hybridized carbons (Fsp3) is 0.316. The van der Waals surface area contributed by atoms with Crippen LogP contribution < -0.4 is 14.2 Å². The van der Waals surface area contributed by atoms with Crippen LogP contribution in [0.5, 0.6) is 23.3 Å². The molecule has 146 valence electrons. The Balaban J connectivity index is 1.76. The molecule has 1 amide bonds. The summed E-state index contributed by atoms with van der Waals surface area (Å²) >= 11 is 0. The number of ether oxygens (including phenoxy) is 3. The maximum atomic E-state index is 14.1. The number of benzene rings is 1. The Morgan fingerprint density at radius 1 is 1.32 bits per heavy atom. The van der Waals surface area contributed by atoms with Crippen molar-refractivity contribution in [1.29, 1.82) is 0 Å². The summed E-state index contributed by atoms with van der Waals surface area (Å²) in [4.78, 5) is 20.3. The molecule has 0 radical (unpaired) electrons. The van der Waals surface area contributed by atoms with Crippen LogP contribution in [0.1, 0.15) is 18.4 Å². The number of aromatic nitrogens is 2. The third kappa shape index (κ3) is 4.23. The number of halogens is 1. The zero-order valence-electron chi connectivity index (χ0n) is 15.1. The van der Waals surface area contributed by atoms with Gasteiger partial charge in [0, 0.05) is 32.0 Å². The second-order valence-corrected chi connectivity index (χ2v) is 5.99. The molecular weight excluding hydrogens is 369 g/mol. The normalized spacial score (nSPS) is 14.2. The molecular formula is C19H18FN3O5. The van der Waals surface area contributed by atoms with E-state index in [1.54, 1.807) is 6.07 Å². The van der Waals surface area contributed by atoms with Crippen LogP contribution in [-0.4, -0.2) is 52.4 Å². The molecule has 2 heterocycles. The molecule has 1 aliphatic rings. The lowest BCUT2D eigenvalue weighted by molar-refractivity contribution is 0.0867. The molecule has 0 unspecified atom stereocenters. The number of nitrogens with zero attached hydrogens (tertiary/aromatic N) is 3. The van der Waals surface area contributed by atoms with Gasteiger partial charge in [-0.05, 0) is 12.1 Å². The van der Waals surface area contributed by atoms with E-state index in [2.05, 4.69) is 15.9 Å². The predicted molar refractivity (Wildman–Crippen MR) is 96.2 cm³/mol. The minimum absolute atomic E-state index is 0.0143. The predicted octanol–water partition coefficient (Wildman–Crippen LogP) is 2.92. The number of piperidine rings is 1. The van der Waals surface area contributed by atoms with Gasteiger partial charge in [-0.3, -0.25) is 0 Å². The molecule has 1 saturated heterocycles. The molecule has 1 aromatic carbocycles. The van der Waals surface area contributed by atoms with Gasteiger partial charge in [-0.2, -0.15) is 0 Å². The van der Waals surface area contributed by atoms with Crippen molar-refractivity contribution in [2.75, 3.05) is 20.2 Å². The van der Waals surface area contributed by atoms with Gasteiger partial charge in [-0.25, -0.2) is 19.2 Å². The number of rotatable bonds is 5. The highest BCUT2D eigenvalue weighted by Gasteiger charge is 2.25. The van der Waals surface area contributed by atoms with Gasteiger partial charge in [0.25, 0.3) is 0 Å². The number of methoxy groups -OCH3 is 1. The van der Waals surface area contributed by atoms with Gasteiger partial charge >= 0.3 is 6.09 Å². The minimum Gasteiger partial charge on any atom is -0.497 e. The molecule has 1 fully saturated rings. The second-order valence-electron chi connectivity index (χ2n) is 5.99. The third-order valence-corrected chi connectivity index (χ3v) is 4.26. The molecule has 2 aromatic rings. The zero-order valence-corrected chi connectivity index (χ0v) is 15.1. The first-order valence-corrected chi connectivity index (χ1v) is 8.49. The van der Waals surface area contributed by atoms with Crippen molar-refractivity contribution in [3.63, 3.8) is 0 Å². The first kappa shape index (κ1) is 19.2. The van der Waals surface area contributed by atoms with Crippen molar-refractivity contribution in [3.8, 4) is 35.6 Å². The van der Waals surface area contributed by atoms with Gasteiger partial charge < -0.3 is 24.2 Å². The van der Waals surface area contributed by atoms with E-state index in [9.17, 15) is 9.18 Å². The van der Waals surface area contributed by atoms with Gasteiger partial charge in [0.1, 0.15) is 23.7 Å². The quantitative estimate of drug-likeness (QED) is 0.789. The molecule has 1 N–H and O–H groups in total. The van der Waals surface area contributed by atoms with Crippen molar-refractivity contribution < 1.29 is 28.5 Å². The SMILES string of the molecule is C#Cc1c(Oc2ccc(OC)cc2F)ncnc1OC1CCN(C(=O)O)CC1. The number of terminal acetylenes is 1. The van der Waals surface area contributed by atoms with E-state index in [1.807, 2.05) is 0 Å². The first-order valence-electron chi connectivity index (χ1n) is 8.49. The van der Waals surface area contributed by atoms with Gasteiger partial charge in [0.15, 0.2) is 11.6 Å². The van der Waals surface area contributed by atoms with E-state index in [1.165, 1.54) is 30.5 Å². The van der Waals surface area contributed by atoms with E-state index in [0.717, 1.165) is 0 Å². The number of carboxylic acid groups (broad SMARTS) is 1.